The third-order valence-electron chi connectivity index (χ3n) is 11.6. The Balaban J connectivity index is 1.33. The van der Waals surface area contributed by atoms with Crippen LogP contribution < -0.4 is 0 Å². The number of benzene rings is 7. The Morgan fingerprint density at radius 1 is 0.261 bits per heavy atom. The van der Waals surface area contributed by atoms with Crippen molar-refractivity contribution < 1.29 is 0 Å². The zero-order chi connectivity index (χ0) is 30.4. The molecular formula is C46H30. The number of hydrogen-bond acceptors (Lipinski definition) is 0. The third kappa shape index (κ3) is 2.60. The molecule has 0 heteroatoms. The fourth-order valence-corrected chi connectivity index (χ4v) is 9.99. The molecule has 0 bridgehead atoms. The molecule has 0 radical (unpaired) electrons. The first kappa shape index (κ1) is 24.8. The maximum atomic E-state index is 2.60. The van der Waals surface area contributed by atoms with E-state index in [4.69, 9.17) is 0 Å². The lowest BCUT2D eigenvalue weighted by Crippen LogP contribution is -2.27. The van der Waals surface area contributed by atoms with Gasteiger partial charge in [-0.05, 0) is 115 Å². The van der Waals surface area contributed by atoms with E-state index in [9.17, 15) is 0 Å². The molecule has 11 rings (SSSR count). The van der Waals surface area contributed by atoms with Crippen LogP contribution in [-0.2, 0) is 10.8 Å². The first-order valence-corrected chi connectivity index (χ1v) is 16.4. The molecule has 0 heterocycles. The van der Waals surface area contributed by atoms with E-state index in [-0.39, 0.29) is 10.8 Å². The van der Waals surface area contributed by atoms with Gasteiger partial charge in [0.1, 0.15) is 0 Å². The third-order valence-corrected chi connectivity index (χ3v) is 11.6. The molecule has 46 heavy (non-hydrogen) atoms. The minimum atomic E-state index is -0.356. The average Bonchev–Trinajstić information content (AvgIpc) is 3.75. The molecule has 0 amide bonds. The topological polar surface area (TPSA) is 0 Å². The molecule has 0 aromatic heterocycles. The van der Waals surface area contributed by atoms with Gasteiger partial charge in [0.2, 0.25) is 0 Å². The molecule has 4 aliphatic rings. The lowest BCUT2D eigenvalue weighted by molar-refractivity contribution is 0.782. The summed E-state index contributed by atoms with van der Waals surface area (Å²) in [6.45, 7) is 4.48. The Kier molecular flexibility index (Phi) is 4.43. The van der Waals surface area contributed by atoms with Crippen LogP contribution >= 0.6 is 0 Å². The van der Waals surface area contributed by atoms with Crippen molar-refractivity contribution in [2.75, 3.05) is 0 Å². The van der Waals surface area contributed by atoms with E-state index in [1.807, 2.05) is 0 Å². The summed E-state index contributed by atoms with van der Waals surface area (Å²) in [7, 11) is 0. The van der Waals surface area contributed by atoms with Crippen LogP contribution in [0.25, 0.3) is 44.5 Å². The van der Waals surface area contributed by atoms with Gasteiger partial charge in [-0.15, -0.1) is 0 Å². The average molecular weight is 583 g/mol. The molecule has 7 aromatic carbocycles. The first-order chi connectivity index (χ1) is 22.6. The highest BCUT2D eigenvalue weighted by Crippen LogP contribution is 2.68. The SMILES string of the molecule is Cc1ccc2c(c1)C1(c3ccccc3-c3ccccc31)c1cc3c(cc1-2)C1(c2ccccc2-c2ccccc21)c1cc(C)ccc1-3. The van der Waals surface area contributed by atoms with E-state index in [1.165, 1.54) is 100 Å². The standard InChI is InChI=1S/C46H30/c1-27-19-21-33-35-25-44-36(26-43(35)45(41(33)23-27)37-15-7-3-11-29(37)30-12-4-8-16-38(30)45)34-22-20-28(2)24-42(34)46(44)39-17-9-5-13-31(39)32-14-6-10-18-40(32)46/h3-26H,1-2H3. The van der Waals surface area contributed by atoms with Crippen LogP contribution in [0.4, 0.5) is 0 Å². The quantitative estimate of drug-likeness (QED) is 0.167. The van der Waals surface area contributed by atoms with E-state index in [2.05, 4.69) is 159 Å². The Morgan fingerprint density at radius 3 is 0.891 bits per heavy atom. The number of hydrogen-bond donors (Lipinski definition) is 0. The molecule has 0 saturated carbocycles. The highest BCUT2D eigenvalue weighted by Gasteiger charge is 2.56. The maximum absolute atomic E-state index is 2.60. The summed E-state index contributed by atoms with van der Waals surface area (Å²) >= 11 is 0. The van der Waals surface area contributed by atoms with Crippen molar-refractivity contribution in [2.24, 2.45) is 0 Å². The summed E-state index contributed by atoms with van der Waals surface area (Å²) < 4.78 is 0. The highest BCUT2D eigenvalue weighted by molar-refractivity contribution is 6.01. The van der Waals surface area contributed by atoms with Crippen molar-refractivity contribution in [2.45, 2.75) is 24.7 Å². The predicted octanol–water partition coefficient (Wildman–Crippen LogP) is 11.0. The fraction of sp³-hybridized carbons (Fsp3) is 0.0870. The Hall–Kier alpha value is -5.46. The molecule has 0 aliphatic heterocycles. The molecule has 0 fully saturated rings. The first-order valence-electron chi connectivity index (χ1n) is 16.4. The van der Waals surface area contributed by atoms with Crippen LogP contribution in [0.1, 0.15) is 55.6 Å². The fourth-order valence-electron chi connectivity index (χ4n) is 9.99. The predicted molar refractivity (Wildman–Crippen MR) is 189 cm³/mol. The van der Waals surface area contributed by atoms with E-state index in [0.717, 1.165) is 0 Å². The van der Waals surface area contributed by atoms with Gasteiger partial charge in [-0.25, -0.2) is 0 Å². The van der Waals surface area contributed by atoms with Crippen LogP contribution in [0.3, 0.4) is 0 Å². The van der Waals surface area contributed by atoms with Gasteiger partial charge in [0.25, 0.3) is 0 Å². The van der Waals surface area contributed by atoms with Gasteiger partial charge in [-0.1, -0.05) is 145 Å². The molecule has 7 aromatic rings. The van der Waals surface area contributed by atoms with Crippen molar-refractivity contribution >= 4 is 0 Å². The summed E-state index contributed by atoms with van der Waals surface area (Å²) in [5.74, 6) is 0. The second-order valence-electron chi connectivity index (χ2n) is 13.7. The van der Waals surface area contributed by atoms with E-state index >= 15 is 0 Å². The molecule has 2 spiro atoms. The summed E-state index contributed by atoms with van der Waals surface area (Å²) in [4.78, 5) is 0. The van der Waals surface area contributed by atoms with Gasteiger partial charge in [-0.3, -0.25) is 0 Å². The lowest BCUT2D eigenvalue weighted by Gasteiger charge is -2.32. The molecule has 4 aliphatic carbocycles. The normalized spacial score (nSPS) is 15.5. The summed E-state index contributed by atoms with van der Waals surface area (Å²) in [5.41, 5.74) is 24.0. The second-order valence-corrected chi connectivity index (χ2v) is 13.7. The molecule has 0 saturated heterocycles. The van der Waals surface area contributed by atoms with Crippen molar-refractivity contribution in [3.8, 4) is 44.5 Å². The lowest BCUT2D eigenvalue weighted by atomic mass is 9.68. The van der Waals surface area contributed by atoms with Crippen molar-refractivity contribution in [1.82, 2.24) is 0 Å². The Bertz CT molecular complexity index is 2240. The number of fused-ring (bicyclic) bond motifs is 20. The number of rotatable bonds is 0. The largest absolute Gasteiger partial charge is 0.0725 e. The molecule has 0 atom stereocenters. The monoisotopic (exact) mass is 582 g/mol. The van der Waals surface area contributed by atoms with Gasteiger partial charge in [0, 0.05) is 0 Å². The van der Waals surface area contributed by atoms with Crippen LogP contribution in [-0.4, -0.2) is 0 Å². The van der Waals surface area contributed by atoms with Gasteiger partial charge >= 0.3 is 0 Å². The zero-order valence-electron chi connectivity index (χ0n) is 25.9. The minimum absolute atomic E-state index is 0.356. The van der Waals surface area contributed by atoms with Gasteiger partial charge in [0.05, 0.1) is 10.8 Å². The Labute approximate surface area is 269 Å². The second kappa shape index (κ2) is 8.22. The van der Waals surface area contributed by atoms with E-state index in [1.54, 1.807) is 0 Å². The van der Waals surface area contributed by atoms with Gasteiger partial charge in [-0.2, -0.15) is 0 Å². The maximum Gasteiger partial charge on any atom is 0.0725 e. The molecule has 0 N–H and O–H groups in total. The van der Waals surface area contributed by atoms with Gasteiger partial charge < -0.3 is 0 Å². The highest BCUT2D eigenvalue weighted by atomic mass is 14.6. The smallest absolute Gasteiger partial charge is 0.0619 e. The van der Waals surface area contributed by atoms with Crippen LogP contribution in [0.15, 0.2) is 146 Å². The van der Waals surface area contributed by atoms with Crippen LogP contribution in [0.5, 0.6) is 0 Å². The zero-order valence-corrected chi connectivity index (χ0v) is 25.9. The van der Waals surface area contributed by atoms with Crippen molar-refractivity contribution in [3.63, 3.8) is 0 Å². The Morgan fingerprint density at radius 2 is 0.543 bits per heavy atom. The molecule has 214 valence electrons. The molecular weight excluding hydrogens is 553 g/mol. The van der Waals surface area contributed by atoms with E-state index < -0.39 is 0 Å². The van der Waals surface area contributed by atoms with Gasteiger partial charge in [0.15, 0.2) is 0 Å². The van der Waals surface area contributed by atoms with E-state index in [0.29, 0.717) is 0 Å². The summed E-state index contributed by atoms with van der Waals surface area (Å²) in [5, 5.41) is 0. The van der Waals surface area contributed by atoms with Crippen LogP contribution in [0.2, 0.25) is 0 Å². The minimum Gasteiger partial charge on any atom is -0.0619 e. The summed E-state index contributed by atoms with van der Waals surface area (Å²) in [6.07, 6.45) is 0. The molecule has 0 unspecified atom stereocenters. The van der Waals surface area contributed by atoms with Crippen molar-refractivity contribution in [1.29, 1.82) is 0 Å². The number of aryl methyl sites for hydroxylation is 2. The van der Waals surface area contributed by atoms with Crippen LogP contribution in [0, 0.1) is 13.8 Å². The molecule has 0 nitrogen and oxygen atoms in total. The van der Waals surface area contributed by atoms with Crippen molar-refractivity contribution in [3.05, 3.63) is 201 Å². The summed E-state index contributed by atoms with van der Waals surface area (Å²) in [6, 6.07) is 56.0.